The smallest absolute Gasteiger partial charge is 0.262 e. The summed E-state index contributed by atoms with van der Waals surface area (Å²) in [5, 5.41) is 9.80. The summed E-state index contributed by atoms with van der Waals surface area (Å²) in [5.74, 6) is -0.364. The Labute approximate surface area is 129 Å². The first-order valence-electron chi connectivity index (χ1n) is 6.79. The maximum absolute atomic E-state index is 12.4. The number of rotatable bonds is 5. The lowest BCUT2D eigenvalue weighted by Gasteiger charge is -2.11. The maximum Gasteiger partial charge on any atom is 0.262 e. The average Bonchev–Trinajstić information content (AvgIpc) is 2.49. The Morgan fingerprint density at radius 2 is 1.91 bits per heavy atom. The quantitative estimate of drug-likeness (QED) is 0.655. The Kier molecular flexibility index (Phi) is 4.51. The standard InChI is InChI=1S/C16H17NO4S/c1-3-12-7-8-16(19)15(9-12)17-22(20,21)14-6-4-5-13(10-14)11(2)18/h4-10,17,19H,3H2,1-2H3. The largest absolute Gasteiger partial charge is 0.506 e. The summed E-state index contributed by atoms with van der Waals surface area (Å²) >= 11 is 0. The normalized spacial score (nSPS) is 11.2. The summed E-state index contributed by atoms with van der Waals surface area (Å²) in [4.78, 5) is 11.3. The number of benzene rings is 2. The van der Waals surface area contributed by atoms with E-state index in [0.717, 1.165) is 12.0 Å². The van der Waals surface area contributed by atoms with Gasteiger partial charge in [-0.05, 0) is 43.2 Å². The van der Waals surface area contributed by atoms with E-state index in [1.54, 1.807) is 18.2 Å². The summed E-state index contributed by atoms with van der Waals surface area (Å²) in [6.07, 6.45) is 0.717. The number of Topliss-reactive ketones (excluding diaryl/α,β-unsaturated/α-hetero) is 1. The van der Waals surface area contributed by atoms with Gasteiger partial charge in [0.1, 0.15) is 5.75 Å². The lowest BCUT2D eigenvalue weighted by atomic mass is 10.1. The molecule has 0 aromatic heterocycles. The van der Waals surface area contributed by atoms with E-state index in [1.807, 2.05) is 6.92 Å². The third kappa shape index (κ3) is 3.46. The number of aryl methyl sites for hydroxylation is 1. The van der Waals surface area contributed by atoms with Crippen molar-refractivity contribution in [1.29, 1.82) is 0 Å². The Balaban J connectivity index is 2.40. The lowest BCUT2D eigenvalue weighted by molar-refractivity contribution is 0.101. The summed E-state index contributed by atoms with van der Waals surface area (Å²) < 4.78 is 27.1. The van der Waals surface area contributed by atoms with Crippen LogP contribution in [0.15, 0.2) is 47.4 Å². The average molecular weight is 319 g/mol. The van der Waals surface area contributed by atoms with Crippen LogP contribution in [0, 0.1) is 0 Å². The minimum Gasteiger partial charge on any atom is -0.506 e. The van der Waals surface area contributed by atoms with Gasteiger partial charge in [0, 0.05) is 5.56 Å². The summed E-state index contributed by atoms with van der Waals surface area (Å²) in [7, 11) is -3.88. The number of nitrogens with one attached hydrogen (secondary N) is 1. The van der Waals surface area contributed by atoms with Crippen LogP contribution in [0.2, 0.25) is 0 Å². The Hall–Kier alpha value is -2.34. The van der Waals surface area contributed by atoms with Crippen molar-refractivity contribution >= 4 is 21.5 Å². The molecule has 2 aromatic rings. The molecule has 0 aliphatic carbocycles. The molecule has 2 aromatic carbocycles. The van der Waals surface area contributed by atoms with E-state index < -0.39 is 10.0 Å². The van der Waals surface area contributed by atoms with E-state index in [1.165, 1.54) is 31.2 Å². The zero-order valence-corrected chi connectivity index (χ0v) is 13.1. The van der Waals surface area contributed by atoms with Gasteiger partial charge in [0.05, 0.1) is 10.6 Å². The van der Waals surface area contributed by atoms with Crippen LogP contribution in [0.25, 0.3) is 0 Å². The first-order valence-corrected chi connectivity index (χ1v) is 8.27. The fraction of sp³-hybridized carbons (Fsp3) is 0.188. The number of anilines is 1. The van der Waals surface area contributed by atoms with E-state index in [4.69, 9.17) is 0 Å². The molecule has 0 fully saturated rings. The molecular formula is C16H17NO4S. The number of ketones is 1. The highest BCUT2D eigenvalue weighted by Crippen LogP contribution is 2.27. The molecule has 0 saturated heterocycles. The van der Waals surface area contributed by atoms with Crippen LogP contribution in [0.1, 0.15) is 29.8 Å². The summed E-state index contributed by atoms with van der Waals surface area (Å²) in [5.41, 5.74) is 1.33. The fourth-order valence-corrected chi connectivity index (χ4v) is 3.08. The zero-order chi connectivity index (χ0) is 16.3. The van der Waals surface area contributed by atoms with Crippen LogP contribution in [-0.2, 0) is 16.4 Å². The van der Waals surface area contributed by atoms with Gasteiger partial charge in [0.25, 0.3) is 10.0 Å². The van der Waals surface area contributed by atoms with Crippen molar-refractivity contribution in [2.45, 2.75) is 25.2 Å². The monoisotopic (exact) mass is 319 g/mol. The van der Waals surface area contributed by atoms with Gasteiger partial charge in [-0.15, -0.1) is 0 Å². The highest BCUT2D eigenvalue weighted by atomic mass is 32.2. The van der Waals surface area contributed by atoms with Crippen LogP contribution in [0.4, 0.5) is 5.69 Å². The molecule has 2 N–H and O–H groups in total. The lowest BCUT2D eigenvalue weighted by Crippen LogP contribution is -2.14. The minimum atomic E-state index is -3.88. The number of phenolic OH excluding ortho intramolecular Hbond substituents is 1. The molecule has 0 spiro atoms. The molecule has 6 heteroatoms. The van der Waals surface area contributed by atoms with Crippen molar-refractivity contribution in [2.24, 2.45) is 0 Å². The number of hydrogen-bond donors (Lipinski definition) is 2. The van der Waals surface area contributed by atoms with Gasteiger partial charge in [-0.25, -0.2) is 8.42 Å². The molecule has 2 rings (SSSR count). The SMILES string of the molecule is CCc1ccc(O)c(NS(=O)(=O)c2cccc(C(C)=O)c2)c1. The Morgan fingerprint density at radius 1 is 1.18 bits per heavy atom. The van der Waals surface area contributed by atoms with E-state index in [2.05, 4.69) is 4.72 Å². The molecular weight excluding hydrogens is 302 g/mol. The molecule has 116 valence electrons. The molecule has 0 heterocycles. The van der Waals surface area contributed by atoms with Gasteiger partial charge in [-0.1, -0.05) is 25.1 Å². The van der Waals surface area contributed by atoms with Gasteiger partial charge < -0.3 is 5.11 Å². The summed E-state index contributed by atoms with van der Waals surface area (Å²) in [6, 6.07) is 10.5. The van der Waals surface area contributed by atoms with Crippen LogP contribution in [0.3, 0.4) is 0 Å². The van der Waals surface area contributed by atoms with Gasteiger partial charge in [-0.2, -0.15) is 0 Å². The molecule has 0 bridgehead atoms. The van der Waals surface area contributed by atoms with Crippen molar-refractivity contribution in [3.63, 3.8) is 0 Å². The summed E-state index contributed by atoms with van der Waals surface area (Å²) in [6.45, 7) is 3.30. The third-order valence-electron chi connectivity index (χ3n) is 3.26. The Morgan fingerprint density at radius 3 is 2.55 bits per heavy atom. The second-order valence-electron chi connectivity index (χ2n) is 4.89. The molecule has 0 radical (unpaired) electrons. The molecule has 0 saturated carbocycles. The minimum absolute atomic E-state index is 0.0264. The van der Waals surface area contributed by atoms with Crippen LogP contribution in [-0.4, -0.2) is 19.3 Å². The number of aromatic hydroxyl groups is 1. The Bertz CT molecular complexity index is 813. The number of carbonyl (C=O) groups excluding carboxylic acids is 1. The van der Waals surface area contributed by atoms with E-state index >= 15 is 0 Å². The van der Waals surface area contributed by atoms with Gasteiger partial charge in [-0.3, -0.25) is 9.52 Å². The molecule has 0 aliphatic rings. The number of hydrogen-bond acceptors (Lipinski definition) is 4. The molecule has 0 amide bonds. The van der Waals surface area contributed by atoms with Gasteiger partial charge in [0.15, 0.2) is 5.78 Å². The van der Waals surface area contributed by atoms with Crippen molar-refractivity contribution < 1.29 is 18.3 Å². The number of sulfonamides is 1. The first kappa shape index (κ1) is 16.0. The first-order chi connectivity index (χ1) is 10.3. The van der Waals surface area contributed by atoms with E-state index in [0.29, 0.717) is 5.56 Å². The van der Waals surface area contributed by atoms with Crippen molar-refractivity contribution in [2.75, 3.05) is 4.72 Å². The molecule has 22 heavy (non-hydrogen) atoms. The van der Waals surface area contributed by atoms with Gasteiger partial charge >= 0.3 is 0 Å². The molecule has 0 atom stereocenters. The highest BCUT2D eigenvalue weighted by molar-refractivity contribution is 7.92. The van der Waals surface area contributed by atoms with Crippen LogP contribution in [0.5, 0.6) is 5.75 Å². The second-order valence-corrected chi connectivity index (χ2v) is 6.58. The topological polar surface area (TPSA) is 83.5 Å². The van der Waals surface area contributed by atoms with Gasteiger partial charge in [0.2, 0.25) is 0 Å². The zero-order valence-electron chi connectivity index (χ0n) is 12.3. The fourth-order valence-electron chi connectivity index (χ4n) is 1.97. The predicted molar refractivity (Wildman–Crippen MR) is 84.7 cm³/mol. The number of phenols is 1. The van der Waals surface area contributed by atoms with Crippen molar-refractivity contribution in [1.82, 2.24) is 0 Å². The van der Waals surface area contributed by atoms with E-state index in [-0.39, 0.29) is 22.1 Å². The molecule has 0 aliphatic heterocycles. The van der Waals surface area contributed by atoms with Crippen molar-refractivity contribution in [3.8, 4) is 5.75 Å². The van der Waals surface area contributed by atoms with Crippen molar-refractivity contribution in [3.05, 3.63) is 53.6 Å². The van der Waals surface area contributed by atoms with Crippen LogP contribution < -0.4 is 4.72 Å². The highest BCUT2D eigenvalue weighted by Gasteiger charge is 2.17. The number of carbonyl (C=O) groups is 1. The predicted octanol–water partition coefficient (Wildman–Crippen LogP) is 2.96. The van der Waals surface area contributed by atoms with E-state index in [9.17, 15) is 18.3 Å². The maximum atomic E-state index is 12.4. The second kappa shape index (κ2) is 6.19. The molecule has 0 unspecified atom stereocenters. The third-order valence-corrected chi connectivity index (χ3v) is 4.63. The van der Waals surface area contributed by atoms with Crippen LogP contribution >= 0.6 is 0 Å². The molecule has 5 nitrogen and oxygen atoms in total.